The number of likely N-dealkylation sites (tertiary alicyclic amines) is 1. The molecule has 3 nitrogen and oxygen atoms in total. The standard InChI is InChI=1S/C18H31N3/c1-15-10-6-7-11-16(15)14-17(20-19)18(2,3)21-12-8-4-5-9-13-21/h6-7,10-11,17,20H,4-5,8-9,12-14,19H2,1-3H3. The summed E-state index contributed by atoms with van der Waals surface area (Å²) in [7, 11) is 0. The summed E-state index contributed by atoms with van der Waals surface area (Å²) in [6, 6.07) is 8.88. The van der Waals surface area contributed by atoms with Gasteiger partial charge in [0.25, 0.3) is 0 Å². The third-order valence-electron chi connectivity index (χ3n) is 5.16. The molecule has 1 heterocycles. The van der Waals surface area contributed by atoms with Crippen LogP contribution in [0.3, 0.4) is 0 Å². The Morgan fingerprint density at radius 1 is 1.14 bits per heavy atom. The average Bonchev–Trinajstić information content (AvgIpc) is 2.75. The van der Waals surface area contributed by atoms with Crippen LogP contribution >= 0.6 is 0 Å². The second kappa shape index (κ2) is 7.39. The first-order valence-electron chi connectivity index (χ1n) is 8.31. The molecule has 1 aliphatic heterocycles. The fraction of sp³-hybridized carbons (Fsp3) is 0.667. The van der Waals surface area contributed by atoms with Crippen molar-refractivity contribution in [3.05, 3.63) is 35.4 Å². The van der Waals surface area contributed by atoms with Crippen LogP contribution in [0, 0.1) is 6.92 Å². The van der Waals surface area contributed by atoms with Crippen molar-refractivity contribution >= 4 is 0 Å². The molecule has 21 heavy (non-hydrogen) atoms. The lowest BCUT2D eigenvalue weighted by atomic mass is 9.86. The maximum absolute atomic E-state index is 5.93. The van der Waals surface area contributed by atoms with Gasteiger partial charge in [-0.25, -0.2) is 0 Å². The van der Waals surface area contributed by atoms with Crippen LogP contribution in [-0.4, -0.2) is 29.6 Å². The molecule has 0 spiro atoms. The highest BCUT2D eigenvalue weighted by Gasteiger charge is 2.35. The Hall–Kier alpha value is -0.900. The molecule has 0 bridgehead atoms. The average molecular weight is 289 g/mol. The van der Waals surface area contributed by atoms with Gasteiger partial charge in [0.05, 0.1) is 0 Å². The zero-order valence-electron chi connectivity index (χ0n) is 13.9. The van der Waals surface area contributed by atoms with E-state index in [1.807, 2.05) is 0 Å². The molecular formula is C18H31N3. The van der Waals surface area contributed by atoms with E-state index in [0.29, 0.717) is 0 Å². The molecule has 1 saturated heterocycles. The van der Waals surface area contributed by atoms with Crippen molar-refractivity contribution in [3.8, 4) is 0 Å². The lowest BCUT2D eigenvalue weighted by Gasteiger charge is -2.44. The van der Waals surface area contributed by atoms with E-state index in [1.165, 1.54) is 49.9 Å². The SMILES string of the molecule is Cc1ccccc1CC(NN)C(C)(C)N1CCCCCC1. The van der Waals surface area contributed by atoms with E-state index in [9.17, 15) is 0 Å². The summed E-state index contributed by atoms with van der Waals surface area (Å²) in [5, 5.41) is 0. The number of benzene rings is 1. The van der Waals surface area contributed by atoms with Crippen molar-refractivity contribution in [2.75, 3.05) is 13.1 Å². The predicted octanol–water partition coefficient (Wildman–Crippen LogP) is 3.02. The van der Waals surface area contributed by atoms with Crippen LogP contribution in [0.2, 0.25) is 0 Å². The fourth-order valence-electron chi connectivity index (χ4n) is 3.44. The van der Waals surface area contributed by atoms with E-state index in [1.54, 1.807) is 0 Å². The second-order valence-corrected chi connectivity index (χ2v) is 6.90. The molecule has 1 fully saturated rings. The predicted molar refractivity (Wildman–Crippen MR) is 90.1 cm³/mol. The van der Waals surface area contributed by atoms with Crippen molar-refractivity contribution in [1.82, 2.24) is 10.3 Å². The van der Waals surface area contributed by atoms with Crippen LogP contribution in [0.1, 0.15) is 50.7 Å². The summed E-state index contributed by atoms with van der Waals surface area (Å²) in [6.45, 7) is 9.24. The molecule has 0 amide bonds. The van der Waals surface area contributed by atoms with Gasteiger partial charge in [0.1, 0.15) is 0 Å². The third kappa shape index (κ3) is 4.06. The highest BCUT2D eigenvalue weighted by Crippen LogP contribution is 2.26. The summed E-state index contributed by atoms with van der Waals surface area (Å²) in [5.41, 5.74) is 5.91. The van der Waals surface area contributed by atoms with Crippen molar-refractivity contribution in [2.45, 2.75) is 64.5 Å². The second-order valence-electron chi connectivity index (χ2n) is 6.90. The summed E-state index contributed by atoms with van der Waals surface area (Å²) in [5.74, 6) is 5.93. The van der Waals surface area contributed by atoms with Gasteiger partial charge in [0.15, 0.2) is 0 Å². The molecule has 2 rings (SSSR count). The van der Waals surface area contributed by atoms with E-state index in [2.05, 4.69) is 55.4 Å². The first-order valence-corrected chi connectivity index (χ1v) is 8.31. The largest absolute Gasteiger partial charge is 0.297 e. The Labute approximate surface area is 129 Å². The van der Waals surface area contributed by atoms with Crippen molar-refractivity contribution in [3.63, 3.8) is 0 Å². The van der Waals surface area contributed by atoms with Crippen LogP contribution in [0.25, 0.3) is 0 Å². The number of hydrazine groups is 1. The molecule has 0 aromatic heterocycles. The maximum atomic E-state index is 5.93. The summed E-state index contributed by atoms with van der Waals surface area (Å²) < 4.78 is 0. The lowest BCUT2D eigenvalue weighted by Crippen LogP contribution is -2.60. The van der Waals surface area contributed by atoms with E-state index in [-0.39, 0.29) is 11.6 Å². The summed E-state index contributed by atoms with van der Waals surface area (Å²) in [4.78, 5) is 2.63. The monoisotopic (exact) mass is 289 g/mol. The van der Waals surface area contributed by atoms with Crippen LogP contribution in [0.4, 0.5) is 0 Å². The molecule has 0 aliphatic carbocycles. The van der Waals surface area contributed by atoms with E-state index < -0.39 is 0 Å². The molecule has 1 aromatic rings. The smallest absolute Gasteiger partial charge is 0.0429 e. The summed E-state index contributed by atoms with van der Waals surface area (Å²) >= 11 is 0. The number of nitrogens with zero attached hydrogens (tertiary/aromatic N) is 1. The van der Waals surface area contributed by atoms with Crippen LogP contribution in [0.5, 0.6) is 0 Å². The Balaban J connectivity index is 2.12. The number of aryl methyl sites for hydroxylation is 1. The van der Waals surface area contributed by atoms with Crippen molar-refractivity contribution in [2.24, 2.45) is 5.84 Å². The number of nitrogens with two attached hydrogens (primary N) is 1. The van der Waals surface area contributed by atoms with Crippen LogP contribution < -0.4 is 11.3 Å². The lowest BCUT2D eigenvalue weighted by molar-refractivity contribution is 0.0834. The number of hydrogen-bond acceptors (Lipinski definition) is 3. The van der Waals surface area contributed by atoms with Crippen molar-refractivity contribution < 1.29 is 0 Å². The fourth-order valence-corrected chi connectivity index (χ4v) is 3.44. The molecule has 3 heteroatoms. The van der Waals surface area contributed by atoms with Crippen molar-refractivity contribution in [1.29, 1.82) is 0 Å². The van der Waals surface area contributed by atoms with Crippen LogP contribution in [0.15, 0.2) is 24.3 Å². The van der Waals surface area contributed by atoms with Gasteiger partial charge in [-0.3, -0.25) is 16.2 Å². The molecule has 118 valence electrons. The van der Waals surface area contributed by atoms with E-state index in [0.717, 1.165) is 6.42 Å². The Morgan fingerprint density at radius 3 is 2.33 bits per heavy atom. The topological polar surface area (TPSA) is 41.3 Å². The Morgan fingerprint density at radius 2 is 1.76 bits per heavy atom. The van der Waals surface area contributed by atoms with E-state index in [4.69, 9.17) is 5.84 Å². The molecule has 1 unspecified atom stereocenters. The highest BCUT2D eigenvalue weighted by molar-refractivity contribution is 5.27. The van der Waals surface area contributed by atoms with E-state index >= 15 is 0 Å². The third-order valence-corrected chi connectivity index (χ3v) is 5.16. The first-order chi connectivity index (χ1) is 10.1. The zero-order valence-corrected chi connectivity index (χ0v) is 13.9. The quantitative estimate of drug-likeness (QED) is 0.647. The zero-order chi connectivity index (χ0) is 15.3. The minimum absolute atomic E-state index is 0.0708. The molecule has 0 saturated carbocycles. The first kappa shape index (κ1) is 16.5. The van der Waals surface area contributed by atoms with Gasteiger partial charge < -0.3 is 0 Å². The molecular weight excluding hydrogens is 258 g/mol. The van der Waals surface area contributed by atoms with Gasteiger partial charge in [-0.15, -0.1) is 0 Å². The molecule has 1 aliphatic rings. The number of hydrogen-bond donors (Lipinski definition) is 2. The minimum Gasteiger partial charge on any atom is -0.297 e. The van der Waals surface area contributed by atoms with Gasteiger partial charge in [-0.2, -0.15) is 0 Å². The maximum Gasteiger partial charge on any atom is 0.0429 e. The molecule has 3 N–H and O–H groups in total. The molecule has 1 aromatic carbocycles. The van der Waals surface area contributed by atoms with Gasteiger partial charge in [-0.05, 0) is 64.3 Å². The van der Waals surface area contributed by atoms with Gasteiger partial charge in [0.2, 0.25) is 0 Å². The van der Waals surface area contributed by atoms with Gasteiger partial charge in [-0.1, -0.05) is 37.1 Å². The van der Waals surface area contributed by atoms with Gasteiger partial charge >= 0.3 is 0 Å². The Kier molecular flexibility index (Phi) is 5.80. The van der Waals surface area contributed by atoms with Gasteiger partial charge in [0, 0.05) is 11.6 Å². The Bertz CT molecular complexity index is 434. The highest BCUT2D eigenvalue weighted by atomic mass is 15.3. The number of rotatable bonds is 5. The molecule has 0 radical (unpaired) electrons. The van der Waals surface area contributed by atoms with Crippen LogP contribution in [-0.2, 0) is 6.42 Å². The molecule has 1 atom stereocenters. The minimum atomic E-state index is 0.0708. The number of nitrogens with one attached hydrogen (secondary N) is 1. The normalized spacial score (nSPS) is 19.2. The summed E-state index contributed by atoms with van der Waals surface area (Å²) in [6.07, 6.45) is 6.33.